The first kappa shape index (κ1) is 13.8. The van der Waals surface area contributed by atoms with E-state index in [1.54, 1.807) is 0 Å². The van der Waals surface area contributed by atoms with Crippen LogP contribution in [0.3, 0.4) is 0 Å². The van der Waals surface area contributed by atoms with Crippen LogP contribution in [0, 0.1) is 13.8 Å². The van der Waals surface area contributed by atoms with Gasteiger partial charge in [0.1, 0.15) is 11.5 Å². The van der Waals surface area contributed by atoms with E-state index in [2.05, 4.69) is 10.6 Å². The molecule has 4 heteroatoms. The lowest BCUT2D eigenvalue weighted by molar-refractivity contribution is -0.120. The first-order chi connectivity index (χ1) is 8.04. The number of hydrogen-bond acceptors (Lipinski definition) is 3. The summed E-state index contributed by atoms with van der Waals surface area (Å²) < 4.78 is 5.47. The van der Waals surface area contributed by atoms with Crippen LogP contribution in [0.25, 0.3) is 0 Å². The number of furan rings is 1. The smallest absolute Gasteiger partial charge is 0.233 e. The van der Waals surface area contributed by atoms with E-state index in [0.29, 0.717) is 6.54 Å². The minimum atomic E-state index is 0.0385. The predicted octanol–water partition coefficient (Wildman–Crippen LogP) is 2.07. The Morgan fingerprint density at radius 2 is 2.18 bits per heavy atom. The van der Waals surface area contributed by atoms with Crippen molar-refractivity contribution < 1.29 is 9.21 Å². The Hall–Kier alpha value is -1.29. The van der Waals surface area contributed by atoms with Gasteiger partial charge in [0.2, 0.25) is 5.91 Å². The van der Waals surface area contributed by atoms with Crippen LogP contribution in [0.15, 0.2) is 10.5 Å². The number of hydrogen-bond donors (Lipinski definition) is 2. The summed E-state index contributed by atoms with van der Waals surface area (Å²) in [6.07, 6.45) is 0.960. The number of carbonyl (C=O) groups excluding carboxylic acids is 1. The quantitative estimate of drug-likeness (QED) is 0.797. The molecule has 1 heterocycles. The first-order valence-electron chi connectivity index (χ1n) is 6.11. The maximum absolute atomic E-state index is 11.4. The molecule has 1 unspecified atom stereocenters. The second-order valence-electron chi connectivity index (χ2n) is 4.32. The van der Waals surface area contributed by atoms with E-state index in [4.69, 9.17) is 4.42 Å². The molecule has 0 aliphatic rings. The molecule has 1 atom stereocenters. The molecular weight excluding hydrogens is 216 g/mol. The van der Waals surface area contributed by atoms with E-state index < -0.39 is 0 Å². The molecule has 0 saturated carbocycles. The van der Waals surface area contributed by atoms with E-state index in [1.807, 2.05) is 33.8 Å². The summed E-state index contributed by atoms with van der Waals surface area (Å²) in [6.45, 7) is 9.01. The molecule has 0 aliphatic carbocycles. The van der Waals surface area contributed by atoms with Gasteiger partial charge in [-0.15, -0.1) is 0 Å². The standard InChI is InChI=1S/C13H22N2O2/c1-5-6-14-13(16)8-15-10(3)12-7-9(2)17-11(12)4/h7,10,15H,5-6,8H2,1-4H3,(H,14,16). The molecular formula is C13H22N2O2. The van der Waals surface area contributed by atoms with Crippen LogP contribution in [0.2, 0.25) is 0 Å². The summed E-state index contributed by atoms with van der Waals surface area (Å²) >= 11 is 0. The third kappa shape index (κ3) is 4.23. The van der Waals surface area contributed by atoms with Crippen molar-refractivity contribution in [2.24, 2.45) is 0 Å². The predicted molar refractivity (Wildman–Crippen MR) is 67.9 cm³/mol. The second kappa shape index (κ2) is 6.45. The molecule has 1 aromatic rings. The third-order valence-corrected chi connectivity index (χ3v) is 2.69. The first-order valence-corrected chi connectivity index (χ1v) is 6.11. The van der Waals surface area contributed by atoms with Crippen LogP contribution in [-0.2, 0) is 4.79 Å². The number of nitrogens with one attached hydrogen (secondary N) is 2. The fourth-order valence-electron chi connectivity index (χ4n) is 1.76. The van der Waals surface area contributed by atoms with Crippen LogP contribution in [-0.4, -0.2) is 19.0 Å². The summed E-state index contributed by atoms with van der Waals surface area (Å²) in [5.74, 6) is 1.86. The lowest BCUT2D eigenvalue weighted by Gasteiger charge is -2.12. The van der Waals surface area contributed by atoms with Crippen molar-refractivity contribution >= 4 is 5.91 Å². The van der Waals surface area contributed by atoms with Gasteiger partial charge in [-0.3, -0.25) is 4.79 Å². The molecule has 17 heavy (non-hydrogen) atoms. The third-order valence-electron chi connectivity index (χ3n) is 2.69. The maximum Gasteiger partial charge on any atom is 0.233 e. The van der Waals surface area contributed by atoms with E-state index in [9.17, 15) is 4.79 Å². The highest BCUT2D eigenvalue weighted by atomic mass is 16.3. The maximum atomic E-state index is 11.4. The topological polar surface area (TPSA) is 54.3 Å². The summed E-state index contributed by atoms with van der Waals surface area (Å²) in [7, 11) is 0. The van der Waals surface area contributed by atoms with Gasteiger partial charge in [-0.25, -0.2) is 0 Å². The van der Waals surface area contributed by atoms with Gasteiger partial charge in [0.15, 0.2) is 0 Å². The van der Waals surface area contributed by atoms with E-state index >= 15 is 0 Å². The molecule has 0 aromatic carbocycles. The lowest BCUT2D eigenvalue weighted by atomic mass is 10.1. The van der Waals surface area contributed by atoms with Gasteiger partial charge in [-0.1, -0.05) is 6.92 Å². The molecule has 4 nitrogen and oxygen atoms in total. The Kier molecular flexibility index (Phi) is 5.22. The van der Waals surface area contributed by atoms with Crippen LogP contribution in [0.1, 0.15) is 43.4 Å². The van der Waals surface area contributed by atoms with Crippen molar-refractivity contribution in [3.63, 3.8) is 0 Å². The average Bonchev–Trinajstić information content (AvgIpc) is 2.62. The summed E-state index contributed by atoms with van der Waals surface area (Å²) in [5.41, 5.74) is 1.12. The van der Waals surface area contributed by atoms with Crippen molar-refractivity contribution in [3.05, 3.63) is 23.2 Å². The van der Waals surface area contributed by atoms with Gasteiger partial charge < -0.3 is 15.1 Å². The normalized spacial score (nSPS) is 12.5. The van der Waals surface area contributed by atoms with E-state index in [-0.39, 0.29) is 11.9 Å². The van der Waals surface area contributed by atoms with Crippen LogP contribution < -0.4 is 10.6 Å². The Bertz CT molecular complexity index is 371. The molecule has 0 spiro atoms. The average molecular weight is 238 g/mol. The number of rotatable bonds is 6. The molecule has 0 fully saturated rings. The lowest BCUT2D eigenvalue weighted by Crippen LogP contribution is -2.35. The van der Waals surface area contributed by atoms with Crippen molar-refractivity contribution in [1.82, 2.24) is 10.6 Å². The zero-order chi connectivity index (χ0) is 12.8. The Morgan fingerprint density at radius 3 is 2.71 bits per heavy atom. The van der Waals surface area contributed by atoms with Crippen LogP contribution in [0.5, 0.6) is 0 Å². The number of amides is 1. The van der Waals surface area contributed by atoms with Crippen molar-refractivity contribution in [1.29, 1.82) is 0 Å². The zero-order valence-corrected chi connectivity index (χ0v) is 11.1. The second-order valence-corrected chi connectivity index (χ2v) is 4.32. The van der Waals surface area contributed by atoms with Gasteiger partial charge in [0, 0.05) is 18.2 Å². The van der Waals surface area contributed by atoms with Gasteiger partial charge in [0.25, 0.3) is 0 Å². The molecule has 96 valence electrons. The fourth-order valence-corrected chi connectivity index (χ4v) is 1.76. The summed E-state index contributed by atoms with van der Waals surface area (Å²) in [5, 5.41) is 6.02. The van der Waals surface area contributed by atoms with Crippen molar-refractivity contribution in [2.45, 2.75) is 40.2 Å². The highest BCUT2D eigenvalue weighted by molar-refractivity contribution is 5.77. The Labute approximate surface area is 103 Å². The van der Waals surface area contributed by atoms with Crippen LogP contribution in [0.4, 0.5) is 0 Å². The Morgan fingerprint density at radius 1 is 1.47 bits per heavy atom. The largest absolute Gasteiger partial charge is 0.466 e. The number of carbonyl (C=O) groups is 1. The fraction of sp³-hybridized carbons (Fsp3) is 0.615. The highest BCUT2D eigenvalue weighted by Crippen LogP contribution is 2.20. The molecule has 1 aromatic heterocycles. The SMILES string of the molecule is CCCNC(=O)CNC(C)c1cc(C)oc1C. The molecule has 1 amide bonds. The Balaban J connectivity index is 2.42. The van der Waals surface area contributed by atoms with E-state index in [1.165, 1.54) is 0 Å². The van der Waals surface area contributed by atoms with Gasteiger partial charge in [-0.05, 0) is 33.3 Å². The van der Waals surface area contributed by atoms with Gasteiger partial charge in [-0.2, -0.15) is 0 Å². The molecule has 2 N–H and O–H groups in total. The molecule has 0 aliphatic heterocycles. The van der Waals surface area contributed by atoms with E-state index in [0.717, 1.165) is 30.0 Å². The zero-order valence-electron chi connectivity index (χ0n) is 11.1. The van der Waals surface area contributed by atoms with Gasteiger partial charge >= 0.3 is 0 Å². The van der Waals surface area contributed by atoms with Gasteiger partial charge in [0.05, 0.1) is 6.54 Å². The minimum absolute atomic E-state index is 0.0385. The molecule has 0 radical (unpaired) electrons. The van der Waals surface area contributed by atoms with Crippen LogP contribution >= 0.6 is 0 Å². The highest BCUT2D eigenvalue weighted by Gasteiger charge is 2.13. The van der Waals surface area contributed by atoms with Crippen molar-refractivity contribution in [3.8, 4) is 0 Å². The summed E-state index contributed by atoms with van der Waals surface area (Å²) in [6, 6.07) is 2.14. The minimum Gasteiger partial charge on any atom is -0.466 e. The molecule has 1 rings (SSSR count). The van der Waals surface area contributed by atoms with Crippen molar-refractivity contribution in [2.75, 3.05) is 13.1 Å². The monoisotopic (exact) mass is 238 g/mol. The molecule has 0 bridgehead atoms. The molecule has 0 saturated heterocycles. The number of aryl methyl sites for hydroxylation is 2. The summed E-state index contributed by atoms with van der Waals surface area (Å²) in [4.78, 5) is 11.4.